The van der Waals surface area contributed by atoms with Gasteiger partial charge in [-0.15, -0.1) is 24.5 Å². The minimum Gasteiger partial charge on any atom is -0.402 e. The van der Waals surface area contributed by atoms with Crippen LogP contribution in [0.15, 0.2) is 48.2 Å². The molecule has 1 aliphatic heterocycles. The number of carbonyl (C=O) groups is 4. The number of hydrogen-bond donors (Lipinski definition) is 6. The number of nitrogen functional groups attached to an aromatic ring is 1. The number of hydrogen-bond acceptors (Lipinski definition) is 12. The van der Waals surface area contributed by atoms with Crippen molar-refractivity contribution in [3.05, 3.63) is 65.3 Å². The number of halogens is 3. The first-order valence-electron chi connectivity index (χ1n) is 23.0. The lowest BCUT2D eigenvalue weighted by molar-refractivity contribution is -0.274. The number of pyridine rings is 1. The van der Waals surface area contributed by atoms with Gasteiger partial charge in [0, 0.05) is 54.2 Å². The Labute approximate surface area is 396 Å². The van der Waals surface area contributed by atoms with E-state index >= 15 is 0 Å². The van der Waals surface area contributed by atoms with E-state index in [4.69, 9.17) is 5.73 Å². The Bertz CT molecular complexity index is 2580. The highest BCUT2D eigenvalue weighted by molar-refractivity contribution is 7.13. The van der Waals surface area contributed by atoms with Gasteiger partial charge >= 0.3 is 6.36 Å². The van der Waals surface area contributed by atoms with Gasteiger partial charge in [-0.25, -0.2) is 15.0 Å². The Morgan fingerprint density at radius 2 is 1.62 bits per heavy atom. The summed E-state index contributed by atoms with van der Waals surface area (Å²) >= 11 is 1.55. The maximum atomic E-state index is 14.3. The molecule has 1 unspecified atom stereocenters. The van der Waals surface area contributed by atoms with Crippen LogP contribution in [0.1, 0.15) is 110 Å². The molecule has 0 radical (unpaired) electrons. The van der Waals surface area contributed by atoms with Crippen LogP contribution in [-0.4, -0.2) is 94.9 Å². The Morgan fingerprint density at radius 1 is 0.956 bits per heavy atom. The van der Waals surface area contributed by atoms with Crippen LogP contribution >= 0.6 is 11.3 Å². The normalized spacial score (nSPS) is 26.7. The summed E-state index contributed by atoms with van der Waals surface area (Å²) in [6, 6.07) is 6.60. The maximum absolute atomic E-state index is 14.3. The number of rotatable bonds is 14. The second kappa shape index (κ2) is 17.7. The lowest BCUT2D eigenvalue weighted by Crippen LogP contribution is -2.85. The Hall–Kier alpha value is -5.60. The monoisotopic (exact) mass is 963 g/mol. The Morgan fingerprint density at radius 3 is 2.21 bits per heavy atom. The predicted molar refractivity (Wildman–Crippen MR) is 246 cm³/mol. The minimum absolute atomic E-state index is 0.0516. The zero-order valence-electron chi connectivity index (χ0n) is 39.3. The Balaban J connectivity index is 0.871. The number of thiazole rings is 1. The number of benzene rings is 1. The molecule has 4 amide bonds. The number of likely N-dealkylation sites (tertiary alicyclic amines) is 1. The third kappa shape index (κ3) is 9.06. The molecule has 366 valence electrons. The number of imidazole rings is 1. The van der Waals surface area contributed by atoms with E-state index in [-0.39, 0.29) is 66.8 Å². The van der Waals surface area contributed by atoms with Crippen molar-refractivity contribution in [3.8, 4) is 27.4 Å². The van der Waals surface area contributed by atoms with Crippen molar-refractivity contribution in [2.75, 3.05) is 12.3 Å². The highest BCUT2D eigenvalue weighted by Gasteiger charge is 2.76. The summed E-state index contributed by atoms with van der Waals surface area (Å²) in [4.78, 5) is 70.9. The predicted octanol–water partition coefficient (Wildman–Crippen LogP) is 5.94. The van der Waals surface area contributed by atoms with Gasteiger partial charge < -0.3 is 46.1 Å². The lowest BCUT2D eigenvalue weighted by atomic mass is 9.37. The molecule has 20 heteroatoms. The van der Waals surface area contributed by atoms with Crippen LogP contribution in [-0.2, 0) is 24.7 Å². The number of aryl methyl sites for hydroxylation is 1. The van der Waals surface area contributed by atoms with E-state index in [0.717, 1.165) is 27.8 Å². The summed E-state index contributed by atoms with van der Waals surface area (Å²) in [6.45, 7) is 14.9. The average Bonchev–Trinajstić information content (AvgIpc) is 3.98. The highest BCUT2D eigenvalue weighted by Crippen LogP contribution is 2.70. The molecule has 4 aliphatic carbocycles. The van der Waals surface area contributed by atoms with E-state index in [1.165, 1.54) is 11.1 Å². The molecule has 2 bridgehead atoms. The zero-order chi connectivity index (χ0) is 49.4. The van der Waals surface area contributed by atoms with Crippen molar-refractivity contribution < 1.29 is 47.3 Å². The molecule has 6 atom stereocenters. The molecule has 0 spiro atoms. The topological polar surface area (TPSA) is 227 Å². The smallest absolute Gasteiger partial charge is 0.402 e. The molecule has 4 heterocycles. The number of alkyl halides is 3. The van der Waals surface area contributed by atoms with Crippen LogP contribution in [0.5, 0.6) is 5.75 Å². The molecule has 9 rings (SSSR count). The number of anilines is 1. The summed E-state index contributed by atoms with van der Waals surface area (Å²) in [5.74, 6) is -3.50. The summed E-state index contributed by atoms with van der Waals surface area (Å²) < 4.78 is 45.3. The molecule has 3 aromatic heterocycles. The van der Waals surface area contributed by atoms with Crippen molar-refractivity contribution in [2.24, 2.45) is 29.1 Å². The molecular weight excluding hydrogens is 904 g/mol. The van der Waals surface area contributed by atoms with Gasteiger partial charge in [0.25, 0.3) is 0 Å². The van der Waals surface area contributed by atoms with Crippen LogP contribution in [0.25, 0.3) is 21.7 Å². The minimum atomic E-state index is -4.99. The SMILES string of the molecule is Cc1ncsc1-c1ccc([C@H](C)NC(=O)[C@@H]2C[C@@H](O)CN2C(=O)[C@@H](NC(=O)C2CC(C(=O)NC34CC(n5cc(-c6cnc(N)c(OC(F)(F)F)c6)nc5C(O)C(C)C)(C3)[C@@H]4C)C2)C(C)(C)C)cc1. The molecule has 1 aromatic carbocycles. The third-order valence-electron chi connectivity index (χ3n) is 14.7. The number of amides is 4. The summed E-state index contributed by atoms with van der Waals surface area (Å²) in [7, 11) is 0. The number of aromatic nitrogens is 4. The number of nitrogens with zero attached hydrogens (tertiary/aromatic N) is 5. The molecule has 1 saturated heterocycles. The molecule has 5 aliphatic rings. The van der Waals surface area contributed by atoms with Crippen LogP contribution in [0.3, 0.4) is 0 Å². The number of aliphatic hydroxyl groups excluding tert-OH is 2. The van der Waals surface area contributed by atoms with E-state index < -0.39 is 82.4 Å². The van der Waals surface area contributed by atoms with Gasteiger partial charge in [-0.05, 0) is 68.1 Å². The van der Waals surface area contributed by atoms with E-state index in [9.17, 15) is 42.6 Å². The van der Waals surface area contributed by atoms with Gasteiger partial charge in [0.2, 0.25) is 23.6 Å². The number of ether oxygens (including phenoxy) is 1. The van der Waals surface area contributed by atoms with E-state index in [0.29, 0.717) is 18.7 Å². The highest BCUT2D eigenvalue weighted by atomic mass is 32.1. The fourth-order valence-electron chi connectivity index (χ4n) is 10.3. The van der Waals surface area contributed by atoms with Crippen molar-refractivity contribution >= 4 is 40.8 Å². The molecule has 4 saturated carbocycles. The largest absolute Gasteiger partial charge is 0.573 e. The second-order valence-corrected chi connectivity index (χ2v) is 21.6. The molecule has 4 aromatic rings. The molecule has 16 nitrogen and oxygen atoms in total. The first-order chi connectivity index (χ1) is 31.8. The first-order valence-corrected chi connectivity index (χ1v) is 23.9. The molecular formula is C48H60F3N9O7S. The van der Waals surface area contributed by atoms with Gasteiger partial charge in [-0.1, -0.05) is 65.8 Å². The van der Waals surface area contributed by atoms with Crippen LogP contribution in [0, 0.1) is 36.0 Å². The van der Waals surface area contributed by atoms with Crippen molar-refractivity contribution in [1.29, 1.82) is 0 Å². The number of nitrogens with two attached hydrogens (primary N) is 1. The zero-order valence-corrected chi connectivity index (χ0v) is 40.2. The van der Waals surface area contributed by atoms with Crippen molar-refractivity contribution in [3.63, 3.8) is 0 Å². The number of aliphatic hydroxyl groups is 2. The summed E-state index contributed by atoms with van der Waals surface area (Å²) in [5.41, 5.74) is 8.96. The van der Waals surface area contributed by atoms with Gasteiger partial charge in [0.15, 0.2) is 11.6 Å². The van der Waals surface area contributed by atoms with Gasteiger partial charge in [-0.2, -0.15) is 0 Å². The quantitative estimate of drug-likeness (QED) is 0.0868. The van der Waals surface area contributed by atoms with Crippen LogP contribution in [0.4, 0.5) is 19.0 Å². The van der Waals surface area contributed by atoms with Crippen molar-refractivity contribution in [1.82, 2.24) is 40.4 Å². The van der Waals surface area contributed by atoms with E-state index in [1.54, 1.807) is 23.0 Å². The molecule has 5 fully saturated rings. The summed E-state index contributed by atoms with van der Waals surface area (Å²) in [5, 5.41) is 31.2. The Kier molecular flexibility index (Phi) is 12.7. The fourth-order valence-corrected chi connectivity index (χ4v) is 11.2. The van der Waals surface area contributed by atoms with Crippen molar-refractivity contribution in [2.45, 2.75) is 135 Å². The standard InChI is InChI=1S/C48H60F3N9O7S/c1-23(2)36(62)40-56-33(31-15-35(39(52)53-17-31)67-48(49,50)51)19-60(40)47-20-46(21-47,26(47)5)58-42(64)30-13-29(14-30)41(63)57-38(45(6,7)8)44(66)59-18-32(61)16-34(59)43(65)55-24(3)27-9-11-28(12-10-27)37-25(4)54-22-68-37/h9-12,15,17,19,22-24,26,29-30,32,34,36,38,61-62H,13-14,16,18,20-21H2,1-8H3,(H2,52,53)(H,55,65)(H,57,63)(H,58,64)/t24-,26+,29?,30?,32+,34-,36?,38+,46?,47?/m0/s1. The molecule has 68 heavy (non-hydrogen) atoms. The number of β-amino-alcohol motifs (C(OH)–C–C–N with tert-alkyl or cyclic N) is 1. The van der Waals surface area contributed by atoms with Gasteiger partial charge in [-0.3, -0.25) is 19.2 Å². The first kappa shape index (κ1) is 48.8. The maximum Gasteiger partial charge on any atom is 0.573 e. The van der Waals surface area contributed by atoms with Gasteiger partial charge in [0.05, 0.1) is 39.5 Å². The van der Waals surface area contributed by atoms with E-state index in [1.807, 2.05) is 84.2 Å². The lowest BCUT2D eigenvalue weighted by Gasteiger charge is -2.76. The van der Waals surface area contributed by atoms with Crippen LogP contribution in [0.2, 0.25) is 0 Å². The molecule has 7 N–H and O–H groups in total. The van der Waals surface area contributed by atoms with Gasteiger partial charge in [0.1, 0.15) is 24.0 Å². The fraction of sp³-hybridized carbons (Fsp3) is 0.562. The summed E-state index contributed by atoms with van der Waals surface area (Å²) in [6.07, 6.45) is -2.27. The number of nitrogens with one attached hydrogen (secondary N) is 3. The average molecular weight is 964 g/mol. The third-order valence-corrected chi connectivity index (χ3v) is 15.7. The van der Waals surface area contributed by atoms with E-state index in [2.05, 4.69) is 35.6 Å². The number of carbonyl (C=O) groups excluding carboxylic acids is 4. The van der Waals surface area contributed by atoms with Crippen LogP contribution < -0.4 is 26.4 Å². The second-order valence-electron chi connectivity index (χ2n) is 20.7.